The Labute approximate surface area is 260 Å². The summed E-state index contributed by atoms with van der Waals surface area (Å²) < 4.78 is 7.10. The van der Waals surface area contributed by atoms with Crippen LogP contribution in [-0.2, 0) is 0 Å². The third-order valence-electron chi connectivity index (χ3n) is 9.45. The van der Waals surface area contributed by atoms with Gasteiger partial charge >= 0.3 is 0 Å². The molecule has 0 atom stereocenters. The summed E-state index contributed by atoms with van der Waals surface area (Å²) in [6, 6.07) is 47.8. The molecule has 11 rings (SSSR count). The van der Waals surface area contributed by atoms with Gasteiger partial charge in [-0.15, -0.1) is 11.3 Å². The molecule has 11 aromatic rings. The van der Waals surface area contributed by atoms with Crippen LogP contribution in [0.15, 0.2) is 133 Å². The molecule has 5 heterocycles. The Morgan fingerprint density at radius 1 is 0.533 bits per heavy atom. The summed E-state index contributed by atoms with van der Waals surface area (Å²) in [6.07, 6.45) is 0. The van der Waals surface area contributed by atoms with E-state index in [0.29, 0.717) is 5.95 Å². The second-order valence-electron chi connectivity index (χ2n) is 11.8. The highest BCUT2D eigenvalue weighted by Gasteiger charge is 2.27. The smallest absolute Gasteiger partial charge is 0.237 e. The lowest BCUT2D eigenvalue weighted by Crippen LogP contribution is -2.04. The first-order valence-electron chi connectivity index (χ1n) is 15.2. The van der Waals surface area contributed by atoms with Crippen molar-refractivity contribution in [3.8, 4) is 17.2 Å². The van der Waals surface area contributed by atoms with Crippen LogP contribution in [0, 0.1) is 0 Å². The van der Waals surface area contributed by atoms with E-state index in [9.17, 15) is 0 Å². The van der Waals surface area contributed by atoms with Crippen molar-refractivity contribution >= 4 is 91.5 Å². The van der Waals surface area contributed by atoms with Crippen molar-refractivity contribution in [3.05, 3.63) is 133 Å². The summed E-state index contributed by atoms with van der Waals surface area (Å²) in [5, 5.41) is 9.96. The zero-order valence-electron chi connectivity index (χ0n) is 23.9. The predicted octanol–water partition coefficient (Wildman–Crippen LogP) is 10.8. The van der Waals surface area contributed by atoms with Crippen LogP contribution in [0.1, 0.15) is 0 Å². The summed E-state index contributed by atoms with van der Waals surface area (Å²) in [6.45, 7) is 0. The van der Waals surface area contributed by atoms with Gasteiger partial charge in [-0.2, -0.15) is 0 Å². The Balaban J connectivity index is 1.40. The lowest BCUT2D eigenvalue weighted by Gasteiger charge is -2.10. The minimum absolute atomic E-state index is 0.686. The van der Waals surface area contributed by atoms with E-state index in [0.717, 1.165) is 38.0 Å². The van der Waals surface area contributed by atoms with Gasteiger partial charge in [0.1, 0.15) is 5.65 Å². The summed E-state index contributed by atoms with van der Waals surface area (Å²) in [4.78, 5) is 10.8. The molecule has 5 aromatic heterocycles. The summed E-state index contributed by atoms with van der Waals surface area (Å²) >= 11 is 1.77. The maximum absolute atomic E-state index is 5.43. The molecule has 0 bridgehead atoms. The van der Waals surface area contributed by atoms with E-state index >= 15 is 0 Å². The Kier molecular flexibility index (Phi) is 4.43. The number of rotatable bonds is 2. The Morgan fingerprint density at radius 2 is 1.20 bits per heavy atom. The van der Waals surface area contributed by atoms with E-state index in [1.165, 1.54) is 53.4 Å². The normalized spacial score (nSPS) is 12.4. The molecule has 0 N–H and O–H groups in total. The van der Waals surface area contributed by atoms with E-state index in [-0.39, 0.29) is 0 Å². The van der Waals surface area contributed by atoms with Crippen molar-refractivity contribution in [1.29, 1.82) is 0 Å². The molecule has 45 heavy (non-hydrogen) atoms. The van der Waals surface area contributed by atoms with Gasteiger partial charge in [-0.25, -0.2) is 9.97 Å². The van der Waals surface area contributed by atoms with Gasteiger partial charge in [-0.1, -0.05) is 109 Å². The molecular weight excluding hydrogens is 569 g/mol. The van der Waals surface area contributed by atoms with Crippen molar-refractivity contribution < 1.29 is 0 Å². The Morgan fingerprint density at radius 3 is 2.04 bits per heavy atom. The summed E-state index contributed by atoms with van der Waals surface area (Å²) in [5.74, 6) is 0.686. The van der Waals surface area contributed by atoms with Crippen LogP contribution in [0.5, 0.6) is 0 Å². The number of thiophene rings is 1. The highest BCUT2D eigenvalue weighted by atomic mass is 32.1. The lowest BCUT2D eigenvalue weighted by molar-refractivity contribution is 0.996. The lowest BCUT2D eigenvalue weighted by atomic mass is 10.00. The molecule has 5 heteroatoms. The van der Waals surface area contributed by atoms with Gasteiger partial charge in [0.15, 0.2) is 0 Å². The van der Waals surface area contributed by atoms with Gasteiger partial charge in [0.2, 0.25) is 5.95 Å². The van der Waals surface area contributed by atoms with Crippen LogP contribution >= 0.6 is 11.3 Å². The number of nitrogens with zero attached hydrogens (tertiary/aromatic N) is 4. The molecule has 0 radical (unpaired) electrons. The topological polar surface area (TPSA) is 35.1 Å². The molecule has 208 valence electrons. The fraction of sp³-hybridized carbons (Fsp3) is 0. The minimum Gasteiger partial charge on any atom is -0.294 e. The molecule has 0 aliphatic rings. The van der Waals surface area contributed by atoms with Crippen LogP contribution in [-0.4, -0.2) is 18.9 Å². The zero-order chi connectivity index (χ0) is 29.2. The molecule has 0 spiro atoms. The number of hydrogen-bond donors (Lipinski definition) is 0. The van der Waals surface area contributed by atoms with E-state index in [4.69, 9.17) is 9.97 Å². The SMILES string of the molecule is c1ccc(-c2nc(-n3c4ccccc4c4c5cc6ccccc6c6c7ccccc7n(c56)c43)nc3c2sc2ccccc23)cc1. The third kappa shape index (κ3) is 2.96. The van der Waals surface area contributed by atoms with Gasteiger partial charge in [-0.05, 0) is 35.0 Å². The van der Waals surface area contributed by atoms with Crippen LogP contribution < -0.4 is 0 Å². The monoisotopic (exact) mass is 590 g/mol. The Bertz CT molecular complexity index is 2980. The van der Waals surface area contributed by atoms with Gasteiger partial charge in [0.25, 0.3) is 0 Å². The second-order valence-corrected chi connectivity index (χ2v) is 12.8. The maximum atomic E-state index is 5.43. The number of aromatic nitrogens is 4. The van der Waals surface area contributed by atoms with Crippen LogP contribution in [0.25, 0.3) is 97.4 Å². The summed E-state index contributed by atoms with van der Waals surface area (Å²) in [7, 11) is 0. The van der Waals surface area contributed by atoms with Gasteiger partial charge < -0.3 is 0 Å². The predicted molar refractivity (Wildman–Crippen MR) is 189 cm³/mol. The average molecular weight is 591 g/mol. The Hall–Kier alpha value is -5.78. The van der Waals surface area contributed by atoms with Gasteiger partial charge in [-0.3, -0.25) is 8.97 Å². The van der Waals surface area contributed by atoms with Gasteiger partial charge in [0.05, 0.1) is 32.5 Å². The average Bonchev–Trinajstić information content (AvgIpc) is 3.83. The van der Waals surface area contributed by atoms with E-state index < -0.39 is 0 Å². The van der Waals surface area contributed by atoms with Crippen LogP contribution in [0.3, 0.4) is 0 Å². The van der Waals surface area contributed by atoms with Crippen molar-refractivity contribution in [2.45, 2.75) is 0 Å². The molecule has 0 unspecified atom stereocenters. The summed E-state index contributed by atoms with van der Waals surface area (Å²) in [5.41, 5.74) is 7.70. The first-order valence-corrected chi connectivity index (χ1v) is 16.0. The quantitative estimate of drug-likeness (QED) is 0.201. The molecule has 0 aliphatic heterocycles. The number of fused-ring (bicyclic) bond motifs is 13. The highest BCUT2D eigenvalue weighted by molar-refractivity contribution is 7.26. The van der Waals surface area contributed by atoms with Crippen molar-refractivity contribution in [3.63, 3.8) is 0 Å². The maximum Gasteiger partial charge on any atom is 0.237 e. The first-order chi connectivity index (χ1) is 22.3. The standard InChI is InChI=1S/C40H22N4S/c1-2-12-23(13-3-1)35-38-36(28-18-8-11-21-32(28)45-38)42-40(41-35)44-31-20-10-7-17-27(31)34-29-22-24-14-4-5-15-25(24)33-26-16-6-9-19-30(26)43(37(29)33)39(34)44/h1-22H. The fourth-order valence-electron chi connectivity index (χ4n) is 7.63. The first kappa shape index (κ1) is 23.6. The molecule has 4 nitrogen and oxygen atoms in total. The number of hydrogen-bond acceptors (Lipinski definition) is 3. The van der Waals surface area contributed by atoms with Gasteiger partial charge in [0, 0.05) is 42.6 Å². The van der Waals surface area contributed by atoms with Crippen LogP contribution in [0.2, 0.25) is 0 Å². The molecule has 0 aliphatic carbocycles. The molecule has 6 aromatic carbocycles. The number of benzene rings is 6. The minimum atomic E-state index is 0.686. The highest BCUT2D eigenvalue weighted by Crippen LogP contribution is 2.47. The molecule has 0 saturated carbocycles. The second kappa shape index (κ2) is 8.44. The largest absolute Gasteiger partial charge is 0.294 e. The molecule has 0 amide bonds. The van der Waals surface area contributed by atoms with E-state index in [1.807, 2.05) is 0 Å². The zero-order valence-corrected chi connectivity index (χ0v) is 24.7. The molecular formula is C40H22N4S. The number of para-hydroxylation sites is 2. The third-order valence-corrected chi connectivity index (χ3v) is 10.6. The van der Waals surface area contributed by atoms with Crippen molar-refractivity contribution in [1.82, 2.24) is 18.9 Å². The van der Waals surface area contributed by atoms with Crippen LogP contribution in [0.4, 0.5) is 0 Å². The van der Waals surface area contributed by atoms with Crippen molar-refractivity contribution in [2.24, 2.45) is 0 Å². The fourth-order valence-corrected chi connectivity index (χ4v) is 8.78. The molecule has 0 saturated heterocycles. The van der Waals surface area contributed by atoms with Crippen molar-refractivity contribution in [2.75, 3.05) is 0 Å². The van der Waals surface area contributed by atoms with E-state index in [1.54, 1.807) is 11.3 Å². The van der Waals surface area contributed by atoms with E-state index in [2.05, 4.69) is 142 Å². The molecule has 0 fully saturated rings.